The van der Waals surface area contributed by atoms with E-state index in [9.17, 15) is 30.3 Å². The van der Waals surface area contributed by atoms with Crippen LogP contribution >= 0.6 is 0 Å². The van der Waals surface area contributed by atoms with Crippen LogP contribution in [-0.2, 0) is 14.3 Å². The molecule has 1 fully saturated rings. The van der Waals surface area contributed by atoms with Crippen LogP contribution in [0.25, 0.3) is 0 Å². The fourth-order valence-corrected chi connectivity index (χ4v) is 7.04. The summed E-state index contributed by atoms with van der Waals surface area (Å²) in [6.45, 7) is 3.81. The normalized spacial score (nSPS) is 21.9. The monoisotopic (exact) mass is 742 g/mol. The van der Waals surface area contributed by atoms with E-state index in [2.05, 4.69) is 31.3 Å². The van der Waals surface area contributed by atoms with Crippen molar-refractivity contribution in [1.82, 2.24) is 5.32 Å². The summed E-state index contributed by atoms with van der Waals surface area (Å²) in [6.07, 6.45) is 30.7. The predicted molar refractivity (Wildman–Crippen MR) is 212 cm³/mol. The molecule has 1 rings (SSSR count). The zero-order valence-corrected chi connectivity index (χ0v) is 33.6. The molecule has 9 nitrogen and oxygen atoms in total. The molecule has 52 heavy (non-hydrogen) atoms. The predicted octanol–water partition coefficient (Wildman–Crippen LogP) is 8.56. The van der Waals surface area contributed by atoms with Crippen LogP contribution in [0.5, 0.6) is 0 Å². The van der Waals surface area contributed by atoms with Gasteiger partial charge in [0.15, 0.2) is 6.29 Å². The Labute approximate surface area is 318 Å². The summed E-state index contributed by atoms with van der Waals surface area (Å²) in [5.74, 6) is -0.153. The number of hydrogen-bond acceptors (Lipinski definition) is 8. The minimum absolute atomic E-state index is 0.138. The van der Waals surface area contributed by atoms with E-state index in [0.717, 1.165) is 51.4 Å². The average Bonchev–Trinajstić information content (AvgIpc) is 3.14. The van der Waals surface area contributed by atoms with Gasteiger partial charge >= 0.3 is 0 Å². The lowest BCUT2D eigenvalue weighted by Gasteiger charge is -2.40. The second-order valence-electron chi connectivity index (χ2n) is 15.5. The Kier molecular flexibility index (Phi) is 32.4. The van der Waals surface area contributed by atoms with Crippen molar-refractivity contribution in [1.29, 1.82) is 0 Å². The number of rotatable bonds is 36. The molecule has 308 valence electrons. The molecule has 0 radical (unpaired) electrons. The number of allylic oxidation sites excluding steroid dienone is 2. The molecule has 9 heteroatoms. The SMILES string of the molecule is CCCCCC/C=C/CCCCCCCC(=O)N[C@@H](CO[C@@H]1O[C@H](CO)[C@@H](O)C(O)C1O)[C@H](O)CCCCCCCCCCCCCCCCCC. The molecule has 2 unspecified atom stereocenters. The van der Waals surface area contributed by atoms with Crippen molar-refractivity contribution in [2.45, 2.75) is 243 Å². The van der Waals surface area contributed by atoms with Crippen LogP contribution in [0.4, 0.5) is 0 Å². The summed E-state index contributed by atoms with van der Waals surface area (Å²) in [5, 5.41) is 54.2. The minimum atomic E-state index is -1.55. The smallest absolute Gasteiger partial charge is 0.220 e. The molecule has 1 aliphatic heterocycles. The van der Waals surface area contributed by atoms with Gasteiger partial charge in [-0.2, -0.15) is 0 Å². The van der Waals surface area contributed by atoms with E-state index in [1.807, 2.05) is 0 Å². The van der Waals surface area contributed by atoms with Crippen molar-refractivity contribution in [3.05, 3.63) is 12.2 Å². The van der Waals surface area contributed by atoms with Gasteiger partial charge in [0.2, 0.25) is 5.91 Å². The second kappa shape index (κ2) is 34.4. The number of carbonyl (C=O) groups is 1. The highest BCUT2D eigenvalue weighted by Gasteiger charge is 2.44. The maximum Gasteiger partial charge on any atom is 0.220 e. The number of nitrogens with one attached hydrogen (secondary N) is 1. The van der Waals surface area contributed by atoms with Gasteiger partial charge in [-0.05, 0) is 38.5 Å². The third kappa shape index (κ3) is 25.1. The Morgan fingerprint density at radius 1 is 0.635 bits per heavy atom. The van der Waals surface area contributed by atoms with Gasteiger partial charge in [0.25, 0.3) is 0 Å². The summed E-state index contributed by atoms with van der Waals surface area (Å²) in [7, 11) is 0. The highest BCUT2D eigenvalue weighted by atomic mass is 16.7. The van der Waals surface area contributed by atoms with Crippen LogP contribution in [0.3, 0.4) is 0 Å². The van der Waals surface area contributed by atoms with Gasteiger partial charge in [0.05, 0.1) is 25.4 Å². The molecule has 1 saturated heterocycles. The summed E-state index contributed by atoms with van der Waals surface area (Å²) in [6, 6.07) is -0.718. The first-order chi connectivity index (χ1) is 25.3. The second-order valence-corrected chi connectivity index (χ2v) is 15.5. The number of aliphatic hydroxyl groups is 5. The van der Waals surface area contributed by atoms with Crippen molar-refractivity contribution < 1.29 is 39.8 Å². The molecule has 1 amide bonds. The average molecular weight is 742 g/mol. The Morgan fingerprint density at radius 2 is 1.08 bits per heavy atom. The van der Waals surface area contributed by atoms with Gasteiger partial charge in [-0.1, -0.05) is 167 Å². The van der Waals surface area contributed by atoms with Crippen LogP contribution in [-0.4, -0.2) is 87.5 Å². The highest BCUT2D eigenvalue weighted by molar-refractivity contribution is 5.76. The third-order valence-electron chi connectivity index (χ3n) is 10.6. The topological polar surface area (TPSA) is 149 Å². The molecule has 0 aromatic carbocycles. The Morgan fingerprint density at radius 3 is 1.58 bits per heavy atom. The van der Waals surface area contributed by atoms with Gasteiger partial charge in [-0.3, -0.25) is 4.79 Å². The molecular weight excluding hydrogens is 658 g/mol. The van der Waals surface area contributed by atoms with Crippen molar-refractivity contribution in [2.75, 3.05) is 13.2 Å². The fourth-order valence-electron chi connectivity index (χ4n) is 7.04. The summed E-state index contributed by atoms with van der Waals surface area (Å²) in [5.41, 5.74) is 0. The van der Waals surface area contributed by atoms with Gasteiger partial charge in [-0.25, -0.2) is 0 Å². The zero-order valence-electron chi connectivity index (χ0n) is 33.6. The van der Waals surface area contributed by atoms with Crippen molar-refractivity contribution in [3.63, 3.8) is 0 Å². The number of hydrogen-bond donors (Lipinski definition) is 6. The van der Waals surface area contributed by atoms with E-state index in [-0.39, 0.29) is 12.5 Å². The molecule has 6 N–H and O–H groups in total. The molecule has 7 atom stereocenters. The largest absolute Gasteiger partial charge is 0.394 e. The van der Waals surface area contributed by atoms with Crippen LogP contribution in [0.2, 0.25) is 0 Å². The van der Waals surface area contributed by atoms with Gasteiger partial charge in [0.1, 0.15) is 24.4 Å². The quantitative estimate of drug-likeness (QED) is 0.0277. The summed E-state index contributed by atoms with van der Waals surface area (Å²) < 4.78 is 11.2. The van der Waals surface area contributed by atoms with E-state index in [1.165, 1.54) is 122 Å². The van der Waals surface area contributed by atoms with Crippen LogP contribution in [0.15, 0.2) is 12.2 Å². The van der Waals surface area contributed by atoms with E-state index >= 15 is 0 Å². The van der Waals surface area contributed by atoms with Gasteiger partial charge < -0.3 is 40.3 Å². The van der Waals surface area contributed by atoms with Crippen molar-refractivity contribution >= 4 is 5.91 Å². The molecule has 0 saturated carbocycles. The highest BCUT2D eigenvalue weighted by Crippen LogP contribution is 2.23. The molecule has 0 spiro atoms. The van der Waals surface area contributed by atoms with E-state index in [1.54, 1.807) is 0 Å². The van der Waals surface area contributed by atoms with E-state index in [0.29, 0.717) is 12.8 Å². The van der Waals surface area contributed by atoms with Gasteiger partial charge in [-0.15, -0.1) is 0 Å². The van der Waals surface area contributed by atoms with Crippen molar-refractivity contribution in [2.24, 2.45) is 0 Å². The number of amides is 1. The van der Waals surface area contributed by atoms with Crippen LogP contribution in [0.1, 0.15) is 200 Å². The Bertz CT molecular complexity index is 827. The molecule has 0 aromatic heterocycles. The number of aliphatic hydroxyl groups excluding tert-OH is 5. The third-order valence-corrected chi connectivity index (χ3v) is 10.6. The lowest BCUT2D eigenvalue weighted by atomic mass is 9.99. The van der Waals surface area contributed by atoms with Crippen molar-refractivity contribution in [3.8, 4) is 0 Å². The molecule has 0 aromatic rings. The lowest BCUT2D eigenvalue weighted by Crippen LogP contribution is -2.60. The van der Waals surface area contributed by atoms with E-state index in [4.69, 9.17) is 9.47 Å². The fraction of sp³-hybridized carbons (Fsp3) is 0.930. The standard InChI is InChI=1S/C43H83NO8/c1-3-5-7-9-11-13-15-17-18-19-21-22-24-26-28-30-32-37(46)36(35-51-43-42(50)41(49)40(48)38(34-45)52-43)44-39(47)33-31-29-27-25-23-20-16-14-12-10-8-6-4-2/h14,16,36-38,40-43,45-46,48-50H,3-13,15,17-35H2,1-2H3,(H,44,47)/b16-14+/t36-,37+,38+,40+,41?,42?,43+/m0/s1. The molecular formula is C43H83NO8. The summed E-state index contributed by atoms with van der Waals surface area (Å²) in [4.78, 5) is 12.9. The molecule has 0 bridgehead atoms. The molecule has 1 aliphatic rings. The number of unbranched alkanes of at least 4 members (excludes halogenated alkanes) is 24. The van der Waals surface area contributed by atoms with E-state index < -0.39 is 49.5 Å². The summed E-state index contributed by atoms with van der Waals surface area (Å²) >= 11 is 0. The lowest BCUT2D eigenvalue weighted by molar-refractivity contribution is -0.302. The first kappa shape index (κ1) is 48.9. The first-order valence-corrected chi connectivity index (χ1v) is 21.9. The number of carbonyl (C=O) groups excluding carboxylic acids is 1. The molecule has 1 heterocycles. The minimum Gasteiger partial charge on any atom is -0.394 e. The van der Waals surface area contributed by atoms with Gasteiger partial charge in [0, 0.05) is 6.42 Å². The maximum atomic E-state index is 12.9. The Balaban J connectivity index is 2.36. The first-order valence-electron chi connectivity index (χ1n) is 21.9. The van der Waals surface area contributed by atoms with Crippen LogP contribution in [0, 0.1) is 0 Å². The Hall–Kier alpha value is -1.07. The van der Waals surface area contributed by atoms with Crippen LogP contribution < -0.4 is 5.32 Å². The maximum absolute atomic E-state index is 12.9. The number of ether oxygens (including phenoxy) is 2. The molecule has 0 aliphatic carbocycles. The zero-order chi connectivity index (χ0) is 38.1.